The Balaban J connectivity index is 1.74. The van der Waals surface area contributed by atoms with E-state index in [0.717, 1.165) is 32.1 Å². The minimum atomic E-state index is -0.487. The van der Waals surface area contributed by atoms with Crippen molar-refractivity contribution in [3.63, 3.8) is 0 Å². The molecule has 0 unspecified atom stereocenters. The first kappa shape index (κ1) is 20.5. The number of rotatable bonds is 8. The number of fused-ring (bicyclic) bond motifs is 1. The molecule has 0 radical (unpaired) electrons. The van der Waals surface area contributed by atoms with Crippen LogP contribution in [-0.2, 0) is 16.1 Å². The molecule has 0 aliphatic rings. The number of aromatic nitrogens is 1. The van der Waals surface area contributed by atoms with Gasteiger partial charge >= 0.3 is 0 Å². The summed E-state index contributed by atoms with van der Waals surface area (Å²) in [4.78, 5) is 17.0. The van der Waals surface area contributed by atoms with Gasteiger partial charge in [-0.25, -0.2) is 4.98 Å². The van der Waals surface area contributed by atoms with Crippen molar-refractivity contribution < 1.29 is 14.3 Å². The van der Waals surface area contributed by atoms with E-state index in [1.165, 1.54) is 0 Å². The first-order chi connectivity index (χ1) is 13.3. The number of methoxy groups -OCH3 is 1. The molecule has 0 aliphatic carbocycles. The number of benzene rings is 2. The third kappa shape index (κ3) is 4.42. The zero-order valence-electron chi connectivity index (χ0n) is 17.1. The number of Topliss-reactive ketones (excluding diaryl/α,β-unsaturated/α-hetero) is 1. The molecule has 1 aromatic heterocycles. The maximum atomic E-state index is 12.3. The summed E-state index contributed by atoms with van der Waals surface area (Å²) in [7, 11) is 1.67. The van der Waals surface area contributed by atoms with Crippen molar-refractivity contribution in [1.29, 1.82) is 0 Å². The van der Waals surface area contributed by atoms with Gasteiger partial charge in [-0.2, -0.15) is 0 Å². The highest BCUT2D eigenvalue weighted by atomic mass is 32.1. The van der Waals surface area contributed by atoms with Crippen molar-refractivity contribution in [2.24, 2.45) is 11.3 Å². The number of ketones is 1. The fraction of sp³-hybridized carbons (Fsp3) is 0.391. The standard InChI is InChI=1S/C23H27NO3S/c1-15(2)21(25)23(3,4)14-27-13-16-10-11-17(19(12-16)26-5)22-24-18-8-6-7-9-20(18)28-22/h6-12,15H,13-14H2,1-5H3. The maximum Gasteiger partial charge on any atom is 0.143 e. The minimum absolute atomic E-state index is 0.00628. The van der Waals surface area contributed by atoms with Gasteiger partial charge in [-0.3, -0.25) is 4.79 Å². The van der Waals surface area contributed by atoms with Crippen LogP contribution >= 0.6 is 11.3 Å². The molecule has 28 heavy (non-hydrogen) atoms. The molecule has 0 aliphatic heterocycles. The van der Waals surface area contributed by atoms with Crippen LogP contribution in [0.15, 0.2) is 42.5 Å². The second-order valence-corrected chi connectivity index (χ2v) is 8.95. The summed E-state index contributed by atoms with van der Waals surface area (Å²) in [6, 6.07) is 14.2. The lowest BCUT2D eigenvalue weighted by Gasteiger charge is -2.25. The van der Waals surface area contributed by atoms with E-state index in [4.69, 9.17) is 14.5 Å². The molecule has 4 nitrogen and oxygen atoms in total. The van der Waals surface area contributed by atoms with Gasteiger partial charge in [0.05, 0.1) is 36.1 Å². The molecule has 0 atom stereocenters. The molecular formula is C23H27NO3S. The molecule has 148 valence electrons. The zero-order valence-corrected chi connectivity index (χ0v) is 17.9. The molecular weight excluding hydrogens is 370 g/mol. The number of carbonyl (C=O) groups is 1. The van der Waals surface area contributed by atoms with Crippen molar-refractivity contribution in [1.82, 2.24) is 4.98 Å². The van der Waals surface area contributed by atoms with Gasteiger partial charge in [0.1, 0.15) is 16.5 Å². The molecule has 3 aromatic rings. The molecule has 0 saturated carbocycles. The van der Waals surface area contributed by atoms with Crippen LogP contribution in [-0.4, -0.2) is 24.5 Å². The first-order valence-electron chi connectivity index (χ1n) is 9.47. The van der Waals surface area contributed by atoms with Crippen LogP contribution in [0.4, 0.5) is 0 Å². The Labute approximate surface area is 170 Å². The normalized spacial score (nSPS) is 11.9. The Kier molecular flexibility index (Phi) is 6.16. The van der Waals surface area contributed by atoms with E-state index >= 15 is 0 Å². The van der Waals surface area contributed by atoms with Gasteiger partial charge in [-0.15, -0.1) is 11.3 Å². The van der Waals surface area contributed by atoms with E-state index < -0.39 is 5.41 Å². The highest BCUT2D eigenvalue weighted by Crippen LogP contribution is 2.36. The lowest BCUT2D eigenvalue weighted by atomic mass is 9.83. The second kappa shape index (κ2) is 8.41. The van der Waals surface area contributed by atoms with Crippen LogP contribution < -0.4 is 4.74 Å². The summed E-state index contributed by atoms with van der Waals surface area (Å²) in [5.74, 6) is 1.00. The monoisotopic (exact) mass is 397 g/mol. The van der Waals surface area contributed by atoms with Crippen molar-refractivity contribution >= 4 is 27.3 Å². The van der Waals surface area contributed by atoms with Crippen molar-refractivity contribution in [2.75, 3.05) is 13.7 Å². The molecule has 0 bridgehead atoms. The third-order valence-electron chi connectivity index (χ3n) is 4.71. The Morgan fingerprint density at radius 3 is 2.61 bits per heavy atom. The molecule has 3 rings (SSSR count). The lowest BCUT2D eigenvalue weighted by molar-refractivity contribution is -0.133. The summed E-state index contributed by atoms with van der Waals surface area (Å²) in [6.07, 6.45) is 0. The number of nitrogens with zero attached hydrogens (tertiary/aromatic N) is 1. The molecule has 2 aromatic carbocycles. The summed E-state index contributed by atoms with van der Waals surface area (Å²) in [5.41, 5.74) is 2.49. The van der Waals surface area contributed by atoms with Crippen LogP contribution in [0.3, 0.4) is 0 Å². The Morgan fingerprint density at radius 1 is 1.18 bits per heavy atom. The third-order valence-corrected chi connectivity index (χ3v) is 5.78. The van der Waals surface area contributed by atoms with E-state index in [-0.39, 0.29) is 11.7 Å². The van der Waals surface area contributed by atoms with Gasteiger partial charge < -0.3 is 9.47 Å². The minimum Gasteiger partial charge on any atom is -0.496 e. The summed E-state index contributed by atoms with van der Waals surface area (Å²) >= 11 is 1.65. The van der Waals surface area contributed by atoms with E-state index in [1.54, 1.807) is 18.4 Å². The lowest BCUT2D eigenvalue weighted by Crippen LogP contribution is -2.33. The van der Waals surface area contributed by atoms with Crippen LogP contribution in [0, 0.1) is 11.3 Å². The first-order valence-corrected chi connectivity index (χ1v) is 10.3. The predicted molar refractivity (Wildman–Crippen MR) is 115 cm³/mol. The SMILES string of the molecule is COc1cc(COCC(C)(C)C(=O)C(C)C)ccc1-c1nc2ccccc2s1. The highest BCUT2D eigenvalue weighted by molar-refractivity contribution is 7.21. The summed E-state index contributed by atoms with van der Waals surface area (Å²) in [6.45, 7) is 8.56. The summed E-state index contributed by atoms with van der Waals surface area (Å²) in [5, 5.41) is 0.939. The second-order valence-electron chi connectivity index (χ2n) is 7.92. The number of para-hydroxylation sites is 1. The van der Waals surface area contributed by atoms with Crippen molar-refractivity contribution in [3.05, 3.63) is 48.0 Å². The maximum absolute atomic E-state index is 12.3. The molecule has 5 heteroatoms. The van der Waals surface area contributed by atoms with E-state index in [9.17, 15) is 4.79 Å². The molecule has 0 spiro atoms. The smallest absolute Gasteiger partial charge is 0.143 e. The van der Waals surface area contributed by atoms with Crippen LogP contribution in [0.2, 0.25) is 0 Å². The van der Waals surface area contributed by atoms with E-state index in [1.807, 2.05) is 64.1 Å². The van der Waals surface area contributed by atoms with Gasteiger partial charge in [-0.05, 0) is 29.8 Å². The topological polar surface area (TPSA) is 48.4 Å². The molecule has 0 N–H and O–H groups in total. The Bertz CT molecular complexity index is 942. The van der Waals surface area contributed by atoms with Crippen LogP contribution in [0.25, 0.3) is 20.8 Å². The molecule has 0 fully saturated rings. The van der Waals surface area contributed by atoms with Gasteiger partial charge in [-0.1, -0.05) is 45.9 Å². The predicted octanol–water partition coefficient (Wildman–Crippen LogP) is 5.74. The highest BCUT2D eigenvalue weighted by Gasteiger charge is 2.29. The van der Waals surface area contributed by atoms with E-state index in [0.29, 0.717) is 13.2 Å². The Hall–Kier alpha value is -2.24. The summed E-state index contributed by atoms with van der Waals surface area (Å²) < 4.78 is 12.6. The number of thiazole rings is 1. The Morgan fingerprint density at radius 2 is 1.93 bits per heavy atom. The molecule has 1 heterocycles. The van der Waals surface area contributed by atoms with Crippen molar-refractivity contribution in [2.45, 2.75) is 34.3 Å². The van der Waals surface area contributed by atoms with Gasteiger partial charge in [0.2, 0.25) is 0 Å². The van der Waals surface area contributed by atoms with Crippen LogP contribution in [0.1, 0.15) is 33.3 Å². The average molecular weight is 398 g/mol. The molecule has 0 amide bonds. The van der Waals surface area contributed by atoms with Gasteiger partial charge in [0, 0.05) is 11.3 Å². The fourth-order valence-corrected chi connectivity index (χ4v) is 4.26. The van der Waals surface area contributed by atoms with Gasteiger partial charge in [0.15, 0.2) is 0 Å². The molecule has 0 saturated heterocycles. The van der Waals surface area contributed by atoms with Gasteiger partial charge in [0.25, 0.3) is 0 Å². The number of carbonyl (C=O) groups excluding carboxylic acids is 1. The fourth-order valence-electron chi connectivity index (χ4n) is 3.27. The number of hydrogen-bond donors (Lipinski definition) is 0. The van der Waals surface area contributed by atoms with Crippen molar-refractivity contribution in [3.8, 4) is 16.3 Å². The van der Waals surface area contributed by atoms with Crippen LogP contribution in [0.5, 0.6) is 5.75 Å². The largest absolute Gasteiger partial charge is 0.496 e. The zero-order chi connectivity index (χ0) is 20.3. The quantitative estimate of drug-likeness (QED) is 0.486. The average Bonchev–Trinajstić information content (AvgIpc) is 3.10. The number of ether oxygens (including phenoxy) is 2. The van der Waals surface area contributed by atoms with E-state index in [2.05, 4.69) is 6.07 Å². The number of hydrogen-bond acceptors (Lipinski definition) is 5.